The van der Waals surface area contributed by atoms with Crippen molar-refractivity contribution in [3.05, 3.63) is 81.0 Å². The van der Waals surface area contributed by atoms with Crippen molar-refractivity contribution in [3.8, 4) is 0 Å². The normalized spacial score (nSPS) is 15.7. The number of hydrogen-bond acceptors (Lipinski definition) is 5. The van der Waals surface area contributed by atoms with E-state index < -0.39 is 11.5 Å². The number of rotatable bonds is 5. The molecule has 0 spiro atoms. The lowest BCUT2D eigenvalue weighted by atomic mass is 9.99. The summed E-state index contributed by atoms with van der Waals surface area (Å²) in [5.41, 5.74) is 3.03. The fraction of sp³-hybridized carbons (Fsp3) is 0.333. The van der Waals surface area contributed by atoms with Crippen LogP contribution in [-0.4, -0.2) is 33.0 Å². The quantitative estimate of drug-likeness (QED) is 0.664. The molecule has 1 fully saturated rings. The van der Waals surface area contributed by atoms with Gasteiger partial charge < -0.3 is 19.3 Å². The molecule has 1 aliphatic rings. The Morgan fingerprint density at radius 1 is 1.16 bits per heavy atom. The van der Waals surface area contributed by atoms with Gasteiger partial charge >= 0.3 is 0 Å². The Kier molecular flexibility index (Phi) is 5.94. The third kappa shape index (κ3) is 4.34. The summed E-state index contributed by atoms with van der Waals surface area (Å²) in [6, 6.07) is 10.9. The third-order valence-corrected chi connectivity index (χ3v) is 5.89. The summed E-state index contributed by atoms with van der Waals surface area (Å²) in [6.07, 6.45) is 3.23. The first-order chi connectivity index (χ1) is 15.3. The van der Waals surface area contributed by atoms with Crippen LogP contribution in [0.3, 0.4) is 0 Å². The third-order valence-electron chi connectivity index (χ3n) is 5.89. The number of aryl methyl sites for hydroxylation is 3. The molecular formula is C24H26N4O4. The molecule has 166 valence electrons. The van der Waals surface area contributed by atoms with Crippen molar-refractivity contribution in [3.63, 3.8) is 0 Å². The number of carbonyl (C=O) groups excluding carboxylic acids is 2. The van der Waals surface area contributed by atoms with Crippen molar-refractivity contribution >= 4 is 17.6 Å². The molecule has 0 radical (unpaired) electrons. The van der Waals surface area contributed by atoms with Crippen molar-refractivity contribution in [2.45, 2.75) is 46.2 Å². The molecule has 1 aromatic carbocycles. The first-order valence-corrected chi connectivity index (χ1v) is 10.6. The van der Waals surface area contributed by atoms with Crippen molar-refractivity contribution in [1.82, 2.24) is 14.6 Å². The summed E-state index contributed by atoms with van der Waals surface area (Å²) in [5, 5.41) is 6.29. The molecule has 0 saturated carbocycles. The van der Waals surface area contributed by atoms with Gasteiger partial charge in [-0.2, -0.15) is 0 Å². The molecule has 8 nitrogen and oxygen atoms in total. The highest BCUT2D eigenvalue weighted by molar-refractivity contribution is 5.94. The zero-order valence-electron chi connectivity index (χ0n) is 18.4. The van der Waals surface area contributed by atoms with Crippen molar-refractivity contribution in [2.75, 3.05) is 11.9 Å². The number of pyridine rings is 1. The van der Waals surface area contributed by atoms with E-state index in [1.807, 2.05) is 0 Å². The van der Waals surface area contributed by atoms with E-state index >= 15 is 0 Å². The van der Waals surface area contributed by atoms with Gasteiger partial charge in [-0.1, -0.05) is 23.4 Å². The topological polar surface area (TPSA) is 97.4 Å². The molecule has 2 amide bonds. The lowest BCUT2D eigenvalue weighted by Crippen LogP contribution is -2.37. The summed E-state index contributed by atoms with van der Waals surface area (Å²) < 4.78 is 6.16. The molecule has 4 rings (SSSR count). The Bertz CT molecular complexity index is 1230. The highest BCUT2D eigenvalue weighted by Crippen LogP contribution is 2.33. The lowest BCUT2D eigenvalue weighted by Gasteiger charge is -2.25. The molecule has 1 aliphatic heterocycles. The molecule has 0 aliphatic carbocycles. The predicted octanol–water partition coefficient (Wildman–Crippen LogP) is 3.38. The zero-order valence-corrected chi connectivity index (χ0v) is 18.4. The SMILES string of the molecule is Cc1cc(NC(=O)Cn2cccc(C(=O)N3CCC[C@H]3c3ccc(C)c(C)c3)c2=O)no1. The number of amides is 2. The van der Waals surface area contributed by atoms with Crippen LogP contribution < -0.4 is 10.9 Å². The summed E-state index contributed by atoms with van der Waals surface area (Å²) in [4.78, 5) is 40.4. The second-order valence-electron chi connectivity index (χ2n) is 8.23. The number of benzene rings is 1. The minimum atomic E-state index is -0.491. The van der Waals surface area contributed by atoms with Crippen LogP contribution >= 0.6 is 0 Å². The monoisotopic (exact) mass is 434 g/mol. The van der Waals surface area contributed by atoms with Gasteiger partial charge in [0.15, 0.2) is 5.82 Å². The maximum atomic E-state index is 13.3. The Hall–Kier alpha value is -3.68. The van der Waals surface area contributed by atoms with Crippen LogP contribution in [0, 0.1) is 20.8 Å². The Balaban J connectivity index is 1.54. The maximum Gasteiger partial charge on any atom is 0.263 e. The van der Waals surface area contributed by atoms with Gasteiger partial charge in [-0.05, 0) is 62.4 Å². The summed E-state index contributed by atoms with van der Waals surface area (Å²) in [5.74, 6) is 0.104. The van der Waals surface area contributed by atoms with Crippen molar-refractivity contribution in [2.24, 2.45) is 0 Å². The minimum Gasteiger partial charge on any atom is -0.360 e. The summed E-state index contributed by atoms with van der Waals surface area (Å²) in [7, 11) is 0. The number of hydrogen-bond donors (Lipinski definition) is 1. The van der Waals surface area contributed by atoms with Gasteiger partial charge in [0.25, 0.3) is 11.5 Å². The molecule has 0 unspecified atom stereocenters. The molecule has 3 heterocycles. The molecule has 1 atom stereocenters. The molecule has 0 bridgehead atoms. The Labute approximate surface area is 185 Å². The predicted molar refractivity (Wildman–Crippen MR) is 119 cm³/mol. The van der Waals surface area contributed by atoms with Crippen LogP contribution in [0.15, 0.2) is 51.9 Å². The Morgan fingerprint density at radius 2 is 1.97 bits per heavy atom. The molecule has 1 N–H and O–H groups in total. The van der Waals surface area contributed by atoms with Crippen LogP contribution in [0.1, 0.15) is 51.7 Å². The molecule has 2 aromatic heterocycles. The van der Waals surface area contributed by atoms with E-state index in [4.69, 9.17) is 4.52 Å². The van der Waals surface area contributed by atoms with Crippen LogP contribution in [0.5, 0.6) is 0 Å². The zero-order chi connectivity index (χ0) is 22.8. The van der Waals surface area contributed by atoms with Gasteiger partial charge in [0, 0.05) is 18.8 Å². The van der Waals surface area contributed by atoms with Gasteiger partial charge in [-0.15, -0.1) is 0 Å². The van der Waals surface area contributed by atoms with Crippen molar-refractivity contribution in [1.29, 1.82) is 0 Å². The first-order valence-electron chi connectivity index (χ1n) is 10.6. The van der Waals surface area contributed by atoms with E-state index in [0.29, 0.717) is 12.3 Å². The smallest absolute Gasteiger partial charge is 0.263 e. The molecule has 8 heteroatoms. The number of carbonyl (C=O) groups is 2. The standard InChI is InChI=1S/C24H26N4O4/c1-15-8-9-18(12-16(15)2)20-7-5-11-28(20)24(31)19-6-4-10-27(23(19)30)14-22(29)25-21-13-17(3)32-26-21/h4,6,8-10,12-13,20H,5,7,11,14H2,1-3H3,(H,25,26,29)/t20-/m0/s1. The van der Waals surface area contributed by atoms with Crippen LogP contribution in [0.25, 0.3) is 0 Å². The number of aromatic nitrogens is 2. The lowest BCUT2D eigenvalue weighted by molar-refractivity contribution is -0.116. The van der Waals surface area contributed by atoms with E-state index in [9.17, 15) is 14.4 Å². The van der Waals surface area contributed by atoms with Crippen LogP contribution in [0.2, 0.25) is 0 Å². The van der Waals surface area contributed by atoms with Crippen LogP contribution in [0.4, 0.5) is 5.82 Å². The average molecular weight is 434 g/mol. The van der Waals surface area contributed by atoms with E-state index in [1.54, 1.807) is 24.0 Å². The summed E-state index contributed by atoms with van der Waals surface area (Å²) in [6.45, 7) is 6.19. The van der Waals surface area contributed by atoms with Gasteiger partial charge in [0.2, 0.25) is 5.91 Å². The maximum absolute atomic E-state index is 13.3. The van der Waals surface area contributed by atoms with Gasteiger partial charge in [0.1, 0.15) is 17.9 Å². The number of anilines is 1. The summed E-state index contributed by atoms with van der Waals surface area (Å²) >= 11 is 0. The number of likely N-dealkylation sites (tertiary alicyclic amines) is 1. The van der Waals surface area contributed by atoms with E-state index in [0.717, 1.165) is 18.4 Å². The van der Waals surface area contributed by atoms with Crippen LogP contribution in [-0.2, 0) is 11.3 Å². The fourth-order valence-electron chi connectivity index (χ4n) is 4.07. The first kappa shape index (κ1) is 21.5. The second kappa shape index (κ2) is 8.82. The van der Waals surface area contributed by atoms with E-state index in [-0.39, 0.29) is 29.9 Å². The van der Waals surface area contributed by atoms with Gasteiger partial charge in [-0.25, -0.2) is 0 Å². The minimum absolute atomic E-state index is 0.0615. The second-order valence-corrected chi connectivity index (χ2v) is 8.23. The van der Waals surface area contributed by atoms with Gasteiger partial charge in [-0.3, -0.25) is 14.4 Å². The van der Waals surface area contributed by atoms with E-state index in [1.165, 1.54) is 28.0 Å². The number of nitrogens with one attached hydrogen (secondary N) is 1. The Morgan fingerprint density at radius 3 is 2.69 bits per heavy atom. The van der Waals surface area contributed by atoms with Crippen molar-refractivity contribution < 1.29 is 14.1 Å². The molecule has 32 heavy (non-hydrogen) atoms. The number of nitrogens with zero attached hydrogens (tertiary/aromatic N) is 3. The molecule has 3 aromatic rings. The van der Waals surface area contributed by atoms with E-state index in [2.05, 4.69) is 42.5 Å². The average Bonchev–Trinajstić information content (AvgIpc) is 3.40. The highest BCUT2D eigenvalue weighted by atomic mass is 16.5. The largest absolute Gasteiger partial charge is 0.360 e. The highest BCUT2D eigenvalue weighted by Gasteiger charge is 2.32. The van der Waals surface area contributed by atoms with Gasteiger partial charge in [0.05, 0.1) is 6.04 Å². The molecular weight excluding hydrogens is 408 g/mol. The fourth-order valence-corrected chi connectivity index (χ4v) is 4.07. The molecule has 1 saturated heterocycles.